The Morgan fingerprint density at radius 1 is 1.12 bits per heavy atom. The van der Waals surface area contributed by atoms with Crippen LogP contribution in [0.15, 0.2) is 0 Å². The molecule has 2 heterocycles. The number of amides is 1. The van der Waals surface area contributed by atoms with Crippen molar-refractivity contribution in [3.8, 4) is 0 Å². The van der Waals surface area contributed by atoms with E-state index in [4.69, 9.17) is 0 Å². The van der Waals surface area contributed by atoms with Gasteiger partial charge in [0.05, 0.1) is 6.54 Å². The van der Waals surface area contributed by atoms with Crippen molar-refractivity contribution in [2.75, 3.05) is 44.2 Å². The number of hydrogen-bond acceptors (Lipinski definition) is 5. The van der Waals surface area contributed by atoms with Gasteiger partial charge >= 0.3 is 0 Å². The lowest BCUT2D eigenvalue weighted by molar-refractivity contribution is -0.122. The van der Waals surface area contributed by atoms with Crippen LogP contribution in [0.2, 0.25) is 0 Å². The Bertz CT molecular complexity index is 543. The average Bonchev–Trinajstić information content (AvgIpc) is 2.94. The molecular weight excluding hydrogens is 304 g/mol. The minimum absolute atomic E-state index is 0.170. The van der Waals surface area contributed by atoms with Crippen molar-refractivity contribution in [1.82, 2.24) is 25.0 Å². The molecule has 3 rings (SSSR count). The SMILES string of the molecule is Cc1nnc(N2CCN(CC(=O)NCC3CCCCC3)CC2)n1C. The molecule has 7 heteroatoms. The highest BCUT2D eigenvalue weighted by Crippen LogP contribution is 2.22. The van der Waals surface area contributed by atoms with Crippen LogP contribution in [0.5, 0.6) is 0 Å². The predicted molar refractivity (Wildman–Crippen MR) is 94.0 cm³/mol. The molecule has 0 unspecified atom stereocenters. The van der Waals surface area contributed by atoms with Crippen molar-refractivity contribution in [2.45, 2.75) is 39.0 Å². The fraction of sp³-hybridized carbons (Fsp3) is 0.824. The van der Waals surface area contributed by atoms with E-state index in [1.54, 1.807) is 0 Å². The number of hydrogen-bond donors (Lipinski definition) is 1. The quantitative estimate of drug-likeness (QED) is 0.868. The van der Waals surface area contributed by atoms with E-state index >= 15 is 0 Å². The summed E-state index contributed by atoms with van der Waals surface area (Å²) in [4.78, 5) is 16.6. The first-order valence-electron chi connectivity index (χ1n) is 9.23. The van der Waals surface area contributed by atoms with Crippen LogP contribution in [0.25, 0.3) is 0 Å². The van der Waals surface area contributed by atoms with Gasteiger partial charge in [0.1, 0.15) is 5.82 Å². The van der Waals surface area contributed by atoms with Gasteiger partial charge in [-0.1, -0.05) is 19.3 Å². The first-order chi connectivity index (χ1) is 11.6. The van der Waals surface area contributed by atoms with E-state index in [1.807, 2.05) is 18.5 Å². The smallest absolute Gasteiger partial charge is 0.234 e. The lowest BCUT2D eigenvalue weighted by Crippen LogP contribution is -2.50. The van der Waals surface area contributed by atoms with Crippen LogP contribution in [0.3, 0.4) is 0 Å². The van der Waals surface area contributed by atoms with Gasteiger partial charge in [0.2, 0.25) is 11.9 Å². The molecule has 0 aromatic carbocycles. The molecular formula is C17H30N6O. The zero-order valence-corrected chi connectivity index (χ0v) is 15.0. The van der Waals surface area contributed by atoms with E-state index in [0.717, 1.165) is 44.5 Å². The van der Waals surface area contributed by atoms with E-state index in [0.29, 0.717) is 12.5 Å². The normalized spacial score (nSPS) is 20.3. The van der Waals surface area contributed by atoms with Crippen LogP contribution in [0, 0.1) is 12.8 Å². The lowest BCUT2D eigenvalue weighted by atomic mass is 9.89. The number of aromatic nitrogens is 3. The molecule has 1 aromatic rings. The largest absolute Gasteiger partial charge is 0.355 e. The number of piperazine rings is 1. The molecule has 2 fully saturated rings. The summed E-state index contributed by atoms with van der Waals surface area (Å²) in [5.41, 5.74) is 0. The van der Waals surface area contributed by atoms with Crippen molar-refractivity contribution >= 4 is 11.9 Å². The fourth-order valence-corrected chi connectivity index (χ4v) is 3.69. The van der Waals surface area contributed by atoms with Crippen molar-refractivity contribution in [3.63, 3.8) is 0 Å². The third-order valence-electron chi connectivity index (χ3n) is 5.40. The van der Waals surface area contributed by atoms with Crippen molar-refractivity contribution < 1.29 is 4.79 Å². The molecule has 1 aliphatic carbocycles. The maximum Gasteiger partial charge on any atom is 0.234 e. The number of anilines is 1. The Labute approximate surface area is 144 Å². The maximum absolute atomic E-state index is 12.2. The molecule has 1 aromatic heterocycles. The van der Waals surface area contributed by atoms with E-state index < -0.39 is 0 Å². The molecule has 1 N–H and O–H groups in total. The van der Waals surface area contributed by atoms with Gasteiger partial charge in [-0.05, 0) is 25.7 Å². The Hall–Kier alpha value is -1.63. The summed E-state index contributed by atoms with van der Waals surface area (Å²) in [7, 11) is 2.00. The van der Waals surface area contributed by atoms with Crippen LogP contribution in [-0.2, 0) is 11.8 Å². The standard InChI is InChI=1S/C17H30N6O/c1-14-19-20-17(21(14)2)23-10-8-22(9-11-23)13-16(24)18-12-15-6-4-3-5-7-15/h15H,3-13H2,1-2H3,(H,18,24). The van der Waals surface area contributed by atoms with Crippen LogP contribution in [-0.4, -0.2) is 64.8 Å². The summed E-state index contributed by atoms with van der Waals surface area (Å²) in [6.07, 6.45) is 6.56. The molecule has 2 aliphatic rings. The van der Waals surface area contributed by atoms with Gasteiger partial charge in [-0.3, -0.25) is 9.69 Å². The van der Waals surface area contributed by atoms with Gasteiger partial charge in [-0.25, -0.2) is 0 Å². The number of nitrogens with zero attached hydrogens (tertiary/aromatic N) is 5. The molecule has 1 saturated carbocycles. The maximum atomic E-state index is 12.2. The van der Waals surface area contributed by atoms with Gasteiger partial charge in [0.25, 0.3) is 0 Å². The number of rotatable bonds is 5. The second-order valence-corrected chi connectivity index (χ2v) is 7.18. The minimum atomic E-state index is 0.170. The first kappa shape index (κ1) is 17.2. The molecule has 1 saturated heterocycles. The highest BCUT2D eigenvalue weighted by Gasteiger charge is 2.22. The van der Waals surface area contributed by atoms with Gasteiger partial charge in [0, 0.05) is 39.8 Å². The Kier molecular flexibility index (Phi) is 5.71. The summed E-state index contributed by atoms with van der Waals surface area (Å²) < 4.78 is 2.02. The topological polar surface area (TPSA) is 66.3 Å². The molecule has 0 bridgehead atoms. The first-order valence-corrected chi connectivity index (χ1v) is 9.23. The van der Waals surface area contributed by atoms with Crippen LogP contribution in [0.4, 0.5) is 5.95 Å². The number of aryl methyl sites for hydroxylation is 1. The van der Waals surface area contributed by atoms with Gasteiger partial charge in [0.15, 0.2) is 0 Å². The minimum Gasteiger partial charge on any atom is -0.355 e. The van der Waals surface area contributed by atoms with E-state index in [1.165, 1.54) is 32.1 Å². The molecule has 24 heavy (non-hydrogen) atoms. The van der Waals surface area contributed by atoms with Gasteiger partial charge in [-0.2, -0.15) is 0 Å². The molecule has 0 radical (unpaired) electrons. The van der Waals surface area contributed by atoms with Crippen molar-refractivity contribution in [3.05, 3.63) is 5.82 Å². The van der Waals surface area contributed by atoms with Crippen LogP contribution < -0.4 is 10.2 Å². The van der Waals surface area contributed by atoms with Gasteiger partial charge in [-0.15, -0.1) is 10.2 Å². The number of carbonyl (C=O) groups excluding carboxylic acids is 1. The molecule has 0 spiro atoms. The Balaban J connectivity index is 1.38. The summed E-state index contributed by atoms with van der Waals surface area (Å²) in [5.74, 6) is 2.71. The monoisotopic (exact) mass is 334 g/mol. The van der Waals surface area contributed by atoms with Gasteiger partial charge < -0.3 is 14.8 Å². The zero-order valence-electron chi connectivity index (χ0n) is 15.0. The summed E-state index contributed by atoms with van der Waals surface area (Å²) in [5, 5.41) is 11.5. The molecule has 134 valence electrons. The van der Waals surface area contributed by atoms with Crippen molar-refractivity contribution in [1.29, 1.82) is 0 Å². The summed E-state index contributed by atoms with van der Waals surface area (Å²) >= 11 is 0. The Morgan fingerprint density at radius 3 is 2.46 bits per heavy atom. The highest BCUT2D eigenvalue weighted by atomic mass is 16.2. The lowest BCUT2D eigenvalue weighted by Gasteiger charge is -2.34. The molecule has 7 nitrogen and oxygen atoms in total. The average molecular weight is 334 g/mol. The zero-order chi connectivity index (χ0) is 16.9. The molecule has 1 aliphatic heterocycles. The molecule has 0 atom stereocenters. The number of carbonyl (C=O) groups is 1. The van der Waals surface area contributed by atoms with Crippen LogP contribution in [0.1, 0.15) is 37.9 Å². The van der Waals surface area contributed by atoms with E-state index in [-0.39, 0.29) is 5.91 Å². The second-order valence-electron chi connectivity index (χ2n) is 7.18. The van der Waals surface area contributed by atoms with Crippen molar-refractivity contribution in [2.24, 2.45) is 13.0 Å². The predicted octanol–water partition coefficient (Wildman–Crippen LogP) is 0.942. The summed E-state index contributed by atoms with van der Waals surface area (Å²) in [6.45, 7) is 6.90. The fourth-order valence-electron chi connectivity index (χ4n) is 3.69. The third kappa shape index (κ3) is 4.26. The third-order valence-corrected chi connectivity index (χ3v) is 5.40. The Morgan fingerprint density at radius 2 is 1.83 bits per heavy atom. The van der Waals surface area contributed by atoms with E-state index in [2.05, 4.69) is 25.3 Å². The highest BCUT2D eigenvalue weighted by molar-refractivity contribution is 5.78. The summed E-state index contributed by atoms with van der Waals surface area (Å²) in [6, 6.07) is 0. The second kappa shape index (κ2) is 7.96. The number of nitrogens with one attached hydrogen (secondary N) is 1. The van der Waals surface area contributed by atoms with Crippen LogP contribution >= 0.6 is 0 Å². The molecule has 1 amide bonds. The van der Waals surface area contributed by atoms with E-state index in [9.17, 15) is 4.79 Å².